The highest BCUT2D eigenvalue weighted by molar-refractivity contribution is 5.81. The number of anilines is 1. The molecular formula is C24H31N5O2. The highest BCUT2D eigenvalue weighted by atomic mass is 16.5. The Kier molecular flexibility index (Phi) is 5.52. The van der Waals surface area contributed by atoms with Gasteiger partial charge in [0.25, 0.3) is 5.56 Å². The van der Waals surface area contributed by atoms with Gasteiger partial charge in [0.05, 0.1) is 5.69 Å². The molecule has 7 nitrogen and oxygen atoms in total. The second-order valence-corrected chi connectivity index (χ2v) is 8.81. The third kappa shape index (κ3) is 3.76. The van der Waals surface area contributed by atoms with E-state index in [0.29, 0.717) is 17.0 Å². The zero-order chi connectivity index (χ0) is 21.3. The largest absolute Gasteiger partial charge is 0.356 e. The zero-order valence-electron chi connectivity index (χ0n) is 18.2. The molecule has 0 amide bonds. The molecule has 0 bridgehead atoms. The predicted octanol–water partition coefficient (Wildman–Crippen LogP) is 4.50. The summed E-state index contributed by atoms with van der Waals surface area (Å²) in [5.74, 6) is 0.515. The molecule has 1 aliphatic heterocycles. The van der Waals surface area contributed by atoms with E-state index in [2.05, 4.69) is 41.5 Å². The van der Waals surface area contributed by atoms with E-state index in [1.165, 1.54) is 5.56 Å². The first-order valence-electron chi connectivity index (χ1n) is 11.7. The van der Waals surface area contributed by atoms with E-state index in [0.717, 1.165) is 70.2 Å². The molecule has 2 aliphatic rings. The number of nitrogens with one attached hydrogen (secondary N) is 2. The van der Waals surface area contributed by atoms with Crippen molar-refractivity contribution in [2.75, 3.05) is 18.5 Å². The summed E-state index contributed by atoms with van der Waals surface area (Å²) in [6, 6.07) is 10.4. The maximum Gasteiger partial charge on any atom is 0.263 e. The molecule has 2 fully saturated rings. The van der Waals surface area contributed by atoms with Gasteiger partial charge in [0, 0.05) is 18.6 Å². The fraction of sp³-hybridized carbons (Fsp3) is 0.542. The molecule has 1 unspecified atom stereocenters. The monoisotopic (exact) mass is 421 g/mol. The first-order valence-corrected chi connectivity index (χ1v) is 11.7. The van der Waals surface area contributed by atoms with Crippen molar-refractivity contribution in [2.24, 2.45) is 0 Å². The van der Waals surface area contributed by atoms with Gasteiger partial charge < -0.3 is 10.1 Å². The van der Waals surface area contributed by atoms with Gasteiger partial charge in [-0.1, -0.05) is 50.1 Å². The van der Waals surface area contributed by atoms with Gasteiger partial charge in [-0.05, 0) is 44.1 Å². The number of benzene rings is 1. The van der Waals surface area contributed by atoms with Crippen molar-refractivity contribution in [1.29, 1.82) is 0 Å². The van der Waals surface area contributed by atoms with Gasteiger partial charge in [-0.15, -0.1) is 0 Å². The van der Waals surface area contributed by atoms with Gasteiger partial charge in [0.15, 0.2) is 11.9 Å². The Morgan fingerprint density at radius 1 is 1.23 bits per heavy atom. The number of aromatic amines is 1. The van der Waals surface area contributed by atoms with Crippen LogP contribution in [0.2, 0.25) is 0 Å². The molecule has 1 saturated heterocycles. The van der Waals surface area contributed by atoms with Crippen LogP contribution in [0.1, 0.15) is 75.8 Å². The van der Waals surface area contributed by atoms with Crippen LogP contribution in [0.4, 0.5) is 5.95 Å². The normalized spacial score (nSPS) is 20.1. The van der Waals surface area contributed by atoms with E-state index in [-0.39, 0.29) is 17.2 Å². The first kappa shape index (κ1) is 20.2. The molecule has 31 heavy (non-hydrogen) atoms. The van der Waals surface area contributed by atoms with E-state index >= 15 is 0 Å². The van der Waals surface area contributed by atoms with Crippen molar-refractivity contribution in [3.05, 3.63) is 51.9 Å². The Labute approximate surface area is 182 Å². The molecular weight excluding hydrogens is 390 g/mol. The number of rotatable bonds is 8. The van der Waals surface area contributed by atoms with E-state index in [9.17, 15) is 4.79 Å². The summed E-state index contributed by atoms with van der Waals surface area (Å²) in [4.78, 5) is 21.1. The molecule has 2 aromatic heterocycles. The van der Waals surface area contributed by atoms with Crippen LogP contribution in [0, 0.1) is 0 Å². The van der Waals surface area contributed by atoms with Crippen LogP contribution in [0.15, 0.2) is 35.1 Å². The molecule has 164 valence electrons. The lowest BCUT2D eigenvalue weighted by molar-refractivity contribution is -0.0372. The number of unbranched alkanes of at least 4 members (excludes halogenated alkanes) is 2. The number of H-pyrrole nitrogens is 1. The van der Waals surface area contributed by atoms with Gasteiger partial charge in [0.1, 0.15) is 5.39 Å². The lowest BCUT2D eigenvalue weighted by Crippen LogP contribution is -2.21. The topological polar surface area (TPSA) is 84.8 Å². The highest BCUT2D eigenvalue weighted by Crippen LogP contribution is 2.54. The Bertz CT molecular complexity index is 1090. The average Bonchev–Trinajstić information content (AvgIpc) is 3.52. The number of hydrogen-bond donors (Lipinski definition) is 2. The molecule has 1 aliphatic carbocycles. The van der Waals surface area contributed by atoms with Crippen LogP contribution in [-0.4, -0.2) is 32.9 Å². The molecule has 7 heteroatoms. The lowest BCUT2D eigenvalue weighted by atomic mass is 9.91. The zero-order valence-corrected chi connectivity index (χ0v) is 18.2. The predicted molar refractivity (Wildman–Crippen MR) is 121 cm³/mol. The maximum absolute atomic E-state index is 13.3. The summed E-state index contributed by atoms with van der Waals surface area (Å²) in [7, 11) is 0. The summed E-state index contributed by atoms with van der Waals surface area (Å²) >= 11 is 0. The summed E-state index contributed by atoms with van der Waals surface area (Å²) < 4.78 is 7.92. The quantitative estimate of drug-likeness (QED) is 0.523. The molecule has 5 rings (SSSR count). The smallest absolute Gasteiger partial charge is 0.263 e. The van der Waals surface area contributed by atoms with Gasteiger partial charge in [-0.3, -0.25) is 9.78 Å². The third-order valence-corrected chi connectivity index (χ3v) is 6.59. The first-order chi connectivity index (χ1) is 15.2. The standard InChI is InChI=1S/C24H31N5O2/c1-2-3-8-15-25-23-26-21-19(22(30)27-23)20(28-29(21)18-12-7-9-16-31-18)24(13-14-24)17-10-5-4-6-11-17/h4-6,10-11,18H,2-3,7-9,12-16H2,1H3,(H2,25,26,27,30). The summed E-state index contributed by atoms with van der Waals surface area (Å²) in [6.45, 7) is 3.69. The Morgan fingerprint density at radius 3 is 2.77 bits per heavy atom. The molecule has 3 heterocycles. The molecule has 1 aromatic carbocycles. The number of nitrogens with zero attached hydrogens (tertiary/aromatic N) is 3. The fourth-order valence-electron chi connectivity index (χ4n) is 4.71. The van der Waals surface area contributed by atoms with Crippen LogP contribution >= 0.6 is 0 Å². The molecule has 1 saturated carbocycles. The highest BCUT2D eigenvalue weighted by Gasteiger charge is 2.50. The molecule has 0 radical (unpaired) electrons. The molecule has 2 N–H and O–H groups in total. The number of aromatic nitrogens is 4. The van der Waals surface area contributed by atoms with E-state index in [1.54, 1.807) is 0 Å². The van der Waals surface area contributed by atoms with Gasteiger partial charge in [0.2, 0.25) is 5.95 Å². The van der Waals surface area contributed by atoms with Crippen molar-refractivity contribution in [2.45, 2.75) is 69.9 Å². The molecule has 0 spiro atoms. The van der Waals surface area contributed by atoms with Crippen molar-refractivity contribution in [3.63, 3.8) is 0 Å². The van der Waals surface area contributed by atoms with Crippen molar-refractivity contribution in [1.82, 2.24) is 19.7 Å². The second kappa shape index (κ2) is 8.46. The summed E-state index contributed by atoms with van der Waals surface area (Å²) in [5.41, 5.74) is 2.36. The van der Waals surface area contributed by atoms with Crippen LogP contribution in [-0.2, 0) is 10.2 Å². The van der Waals surface area contributed by atoms with Crippen molar-refractivity contribution >= 4 is 17.0 Å². The van der Waals surface area contributed by atoms with Crippen LogP contribution in [0.25, 0.3) is 11.0 Å². The van der Waals surface area contributed by atoms with Crippen molar-refractivity contribution < 1.29 is 4.74 Å². The van der Waals surface area contributed by atoms with Crippen LogP contribution < -0.4 is 10.9 Å². The minimum atomic E-state index is -0.204. The second-order valence-electron chi connectivity index (χ2n) is 8.81. The van der Waals surface area contributed by atoms with E-state index in [4.69, 9.17) is 14.8 Å². The summed E-state index contributed by atoms with van der Waals surface area (Å²) in [5, 5.41) is 8.91. The Morgan fingerprint density at radius 2 is 2.06 bits per heavy atom. The lowest BCUT2D eigenvalue weighted by Gasteiger charge is -2.23. The van der Waals surface area contributed by atoms with Gasteiger partial charge in [-0.2, -0.15) is 10.1 Å². The summed E-state index contributed by atoms with van der Waals surface area (Å²) in [6.07, 6.45) is 8.22. The van der Waals surface area contributed by atoms with Crippen LogP contribution in [0.3, 0.4) is 0 Å². The maximum atomic E-state index is 13.3. The number of ether oxygens (including phenoxy) is 1. The Balaban J connectivity index is 1.60. The van der Waals surface area contributed by atoms with Crippen molar-refractivity contribution in [3.8, 4) is 0 Å². The average molecular weight is 422 g/mol. The van der Waals surface area contributed by atoms with E-state index in [1.807, 2.05) is 10.7 Å². The SMILES string of the molecule is CCCCCNc1nc2c(c(C3(c4ccccc4)CC3)nn2C2CCCCO2)c(=O)[nH]1. The number of hydrogen-bond acceptors (Lipinski definition) is 5. The van der Waals surface area contributed by atoms with Gasteiger partial charge >= 0.3 is 0 Å². The number of fused-ring (bicyclic) bond motifs is 1. The van der Waals surface area contributed by atoms with Gasteiger partial charge in [-0.25, -0.2) is 4.68 Å². The minimum absolute atomic E-state index is 0.123. The molecule has 3 aromatic rings. The molecule has 1 atom stereocenters. The minimum Gasteiger partial charge on any atom is -0.356 e. The van der Waals surface area contributed by atoms with E-state index < -0.39 is 0 Å². The Hall–Kier alpha value is -2.67. The fourth-order valence-corrected chi connectivity index (χ4v) is 4.71. The third-order valence-electron chi connectivity index (χ3n) is 6.59. The van der Waals surface area contributed by atoms with Crippen LogP contribution in [0.5, 0.6) is 0 Å².